The Kier molecular flexibility index (Phi) is 3.18. The van der Waals surface area contributed by atoms with Crippen LogP contribution < -0.4 is 5.32 Å². The summed E-state index contributed by atoms with van der Waals surface area (Å²) in [7, 11) is 0. The Hall–Kier alpha value is -0.120. The molecule has 2 saturated heterocycles. The van der Waals surface area contributed by atoms with E-state index in [1.165, 1.54) is 45.3 Å². The van der Waals surface area contributed by atoms with Crippen LogP contribution in [0.1, 0.15) is 32.6 Å². The second-order valence-electron chi connectivity index (χ2n) is 5.76. The maximum atomic E-state index is 5.58. The van der Waals surface area contributed by atoms with Crippen molar-refractivity contribution in [1.82, 2.24) is 10.2 Å². The summed E-state index contributed by atoms with van der Waals surface area (Å²) in [6, 6.07) is 1.56. The van der Waals surface area contributed by atoms with Crippen LogP contribution in [0.25, 0.3) is 0 Å². The Morgan fingerprint density at radius 2 is 2.12 bits per heavy atom. The van der Waals surface area contributed by atoms with E-state index < -0.39 is 0 Å². The number of hydrogen-bond acceptors (Lipinski definition) is 3. The van der Waals surface area contributed by atoms with E-state index >= 15 is 0 Å². The molecule has 3 atom stereocenters. The molecule has 2 heterocycles. The molecule has 0 radical (unpaired) electrons. The van der Waals surface area contributed by atoms with E-state index in [0.29, 0.717) is 12.1 Å². The predicted molar refractivity (Wildman–Crippen MR) is 64.5 cm³/mol. The highest BCUT2D eigenvalue weighted by molar-refractivity contribution is 4.90. The van der Waals surface area contributed by atoms with Gasteiger partial charge in [0.25, 0.3) is 0 Å². The standard InChI is InChI=1S/C13H24N2O/c1-10-13(5-7-16-10)14-8-11-4-6-15(9-11)12-2-3-12/h10-14H,2-9H2,1H3. The Balaban J connectivity index is 1.39. The van der Waals surface area contributed by atoms with Gasteiger partial charge in [-0.25, -0.2) is 0 Å². The molecule has 1 saturated carbocycles. The molecule has 3 aliphatic rings. The minimum absolute atomic E-state index is 0.418. The molecule has 1 N–H and O–H groups in total. The van der Waals surface area contributed by atoms with Gasteiger partial charge in [-0.05, 0) is 51.6 Å². The summed E-state index contributed by atoms with van der Waals surface area (Å²) in [5, 5.41) is 3.70. The monoisotopic (exact) mass is 224 g/mol. The van der Waals surface area contributed by atoms with Crippen LogP contribution in [0.3, 0.4) is 0 Å². The van der Waals surface area contributed by atoms with Gasteiger partial charge in [0.05, 0.1) is 6.10 Å². The summed E-state index contributed by atoms with van der Waals surface area (Å²) < 4.78 is 5.58. The molecule has 0 amide bonds. The van der Waals surface area contributed by atoms with Crippen molar-refractivity contribution in [2.24, 2.45) is 5.92 Å². The molecule has 2 aliphatic heterocycles. The highest BCUT2D eigenvalue weighted by Gasteiger charge is 2.34. The SMILES string of the molecule is CC1OCCC1NCC1CCN(C2CC2)C1. The summed E-state index contributed by atoms with van der Waals surface area (Å²) >= 11 is 0. The summed E-state index contributed by atoms with van der Waals surface area (Å²) in [5.41, 5.74) is 0. The number of hydrogen-bond donors (Lipinski definition) is 1. The zero-order chi connectivity index (χ0) is 11.0. The molecule has 3 heteroatoms. The van der Waals surface area contributed by atoms with E-state index in [9.17, 15) is 0 Å². The van der Waals surface area contributed by atoms with Crippen LogP contribution in [-0.4, -0.2) is 49.3 Å². The third-order valence-corrected chi connectivity index (χ3v) is 4.43. The molecule has 16 heavy (non-hydrogen) atoms. The summed E-state index contributed by atoms with van der Waals surface area (Å²) in [6.45, 7) is 7.00. The van der Waals surface area contributed by atoms with Gasteiger partial charge in [0.1, 0.15) is 0 Å². The van der Waals surface area contributed by atoms with Crippen LogP contribution in [0.15, 0.2) is 0 Å². The fourth-order valence-electron chi connectivity index (χ4n) is 3.12. The molecular formula is C13H24N2O. The minimum Gasteiger partial charge on any atom is -0.377 e. The minimum atomic E-state index is 0.418. The van der Waals surface area contributed by atoms with Crippen molar-refractivity contribution >= 4 is 0 Å². The van der Waals surface area contributed by atoms with E-state index in [0.717, 1.165) is 18.6 Å². The Morgan fingerprint density at radius 3 is 2.81 bits per heavy atom. The van der Waals surface area contributed by atoms with Gasteiger partial charge in [-0.1, -0.05) is 0 Å². The molecule has 3 rings (SSSR count). The fraction of sp³-hybridized carbons (Fsp3) is 1.00. The summed E-state index contributed by atoms with van der Waals surface area (Å²) in [5.74, 6) is 0.883. The zero-order valence-corrected chi connectivity index (χ0v) is 10.3. The van der Waals surface area contributed by atoms with E-state index in [1.807, 2.05) is 0 Å². The third-order valence-electron chi connectivity index (χ3n) is 4.43. The maximum Gasteiger partial charge on any atom is 0.0700 e. The first-order valence-electron chi connectivity index (χ1n) is 6.92. The lowest BCUT2D eigenvalue weighted by Crippen LogP contribution is -2.38. The largest absolute Gasteiger partial charge is 0.377 e. The number of nitrogens with zero attached hydrogens (tertiary/aromatic N) is 1. The Morgan fingerprint density at radius 1 is 1.25 bits per heavy atom. The summed E-state index contributed by atoms with van der Waals surface area (Å²) in [6.07, 6.45) is 5.91. The average molecular weight is 224 g/mol. The lowest BCUT2D eigenvalue weighted by atomic mass is 10.1. The second-order valence-corrected chi connectivity index (χ2v) is 5.76. The topological polar surface area (TPSA) is 24.5 Å². The zero-order valence-electron chi connectivity index (χ0n) is 10.3. The number of ether oxygens (including phenoxy) is 1. The van der Waals surface area contributed by atoms with Gasteiger partial charge in [0.15, 0.2) is 0 Å². The van der Waals surface area contributed by atoms with Crippen LogP contribution in [-0.2, 0) is 4.74 Å². The Labute approximate surface area is 98.5 Å². The number of nitrogens with one attached hydrogen (secondary N) is 1. The maximum absolute atomic E-state index is 5.58. The first-order valence-corrected chi connectivity index (χ1v) is 6.92. The van der Waals surface area contributed by atoms with E-state index in [4.69, 9.17) is 4.74 Å². The molecule has 3 nitrogen and oxygen atoms in total. The molecular weight excluding hydrogens is 200 g/mol. The number of rotatable bonds is 4. The van der Waals surface area contributed by atoms with Crippen LogP contribution in [0.5, 0.6) is 0 Å². The Bertz CT molecular complexity index is 242. The smallest absolute Gasteiger partial charge is 0.0700 e. The summed E-state index contributed by atoms with van der Waals surface area (Å²) in [4.78, 5) is 2.70. The molecule has 1 aliphatic carbocycles. The van der Waals surface area contributed by atoms with Crippen LogP contribution in [0, 0.1) is 5.92 Å². The van der Waals surface area contributed by atoms with Gasteiger partial charge in [0, 0.05) is 25.2 Å². The van der Waals surface area contributed by atoms with Gasteiger partial charge in [0.2, 0.25) is 0 Å². The van der Waals surface area contributed by atoms with Crippen molar-refractivity contribution in [2.75, 3.05) is 26.2 Å². The second kappa shape index (κ2) is 4.63. The van der Waals surface area contributed by atoms with Gasteiger partial charge in [-0.15, -0.1) is 0 Å². The van der Waals surface area contributed by atoms with Gasteiger partial charge in [-0.2, -0.15) is 0 Å². The van der Waals surface area contributed by atoms with E-state index in [2.05, 4.69) is 17.1 Å². The lowest BCUT2D eigenvalue weighted by molar-refractivity contribution is 0.112. The third kappa shape index (κ3) is 2.41. The van der Waals surface area contributed by atoms with Crippen LogP contribution in [0.2, 0.25) is 0 Å². The molecule has 0 aromatic carbocycles. The van der Waals surface area contributed by atoms with Crippen molar-refractivity contribution in [3.63, 3.8) is 0 Å². The molecule has 0 spiro atoms. The predicted octanol–water partition coefficient (Wildman–Crippen LogP) is 1.24. The van der Waals surface area contributed by atoms with Crippen molar-refractivity contribution < 1.29 is 4.74 Å². The van der Waals surface area contributed by atoms with Gasteiger partial charge >= 0.3 is 0 Å². The highest BCUT2D eigenvalue weighted by Crippen LogP contribution is 2.31. The molecule has 92 valence electrons. The highest BCUT2D eigenvalue weighted by atomic mass is 16.5. The molecule has 0 aromatic rings. The van der Waals surface area contributed by atoms with E-state index in [-0.39, 0.29) is 0 Å². The van der Waals surface area contributed by atoms with Crippen molar-refractivity contribution in [3.8, 4) is 0 Å². The van der Waals surface area contributed by atoms with E-state index in [1.54, 1.807) is 0 Å². The van der Waals surface area contributed by atoms with Crippen LogP contribution in [0.4, 0.5) is 0 Å². The quantitative estimate of drug-likeness (QED) is 0.777. The molecule has 0 aromatic heterocycles. The molecule has 3 unspecified atom stereocenters. The van der Waals surface area contributed by atoms with Crippen molar-refractivity contribution in [1.29, 1.82) is 0 Å². The van der Waals surface area contributed by atoms with Crippen LogP contribution >= 0.6 is 0 Å². The van der Waals surface area contributed by atoms with Crippen molar-refractivity contribution in [3.05, 3.63) is 0 Å². The average Bonchev–Trinajstić information content (AvgIpc) is 2.89. The van der Waals surface area contributed by atoms with Gasteiger partial charge in [-0.3, -0.25) is 0 Å². The fourth-order valence-corrected chi connectivity index (χ4v) is 3.12. The first-order chi connectivity index (χ1) is 7.83. The number of likely N-dealkylation sites (tertiary alicyclic amines) is 1. The molecule has 0 bridgehead atoms. The lowest BCUT2D eigenvalue weighted by Gasteiger charge is -2.19. The normalized spacial score (nSPS) is 40.7. The van der Waals surface area contributed by atoms with Crippen molar-refractivity contribution in [2.45, 2.75) is 50.8 Å². The first kappa shape index (κ1) is 11.0. The van der Waals surface area contributed by atoms with Gasteiger partial charge < -0.3 is 15.0 Å². The molecule has 3 fully saturated rings.